The molecule has 3 aromatic carbocycles. The summed E-state index contributed by atoms with van der Waals surface area (Å²) in [6.07, 6.45) is 0.561. The number of esters is 1. The lowest BCUT2D eigenvalue weighted by Crippen LogP contribution is -2.39. The normalized spacial score (nSPS) is 11.4. The van der Waals surface area contributed by atoms with Gasteiger partial charge in [0.05, 0.1) is 24.6 Å². The summed E-state index contributed by atoms with van der Waals surface area (Å²) in [5.41, 5.74) is 3.42. The van der Waals surface area contributed by atoms with Gasteiger partial charge in [0, 0.05) is 23.6 Å². The Bertz CT molecular complexity index is 1570. The van der Waals surface area contributed by atoms with Gasteiger partial charge in [-0.1, -0.05) is 41.9 Å². The smallest absolute Gasteiger partial charge is 0.321 e. The number of aromatic nitrogens is 1. The number of oxazole rings is 1. The highest BCUT2D eigenvalue weighted by atomic mass is 35.5. The average molecular weight is 598 g/mol. The number of nitrogens with one attached hydrogen (secondary N) is 1. The molecular formula is C30H32ClN3O6S. The van der Waals surface area contributed by atoms with Crippen LogP contribution in [0.25, 0.3) is 11.5 Å². The summed E-state index contributed by atoms with van der Waals surface area (Å²) in [4.78, 5) is 16.8. The summed E-state index contributed by atoms with van der Waals surface area (Å²) < 4.78 is 46.9. The molecule has 0 amide bonds. The van der Waals surface area contributed by atoms with Crippen LogP contribution >= 0.6 is 11.6 Å². The first-order valence-corrected chi connectivity index (χ1v) is 14.9. The van der Waals surface area contributed by atoms with E-state index in [0.717, 1.165) is 21.3 Å². The first kappa shape index (κ1) is 30.1. The van der Waals surface area contributed by atoms with Gasteiger partial charge in [0.2, 0.25) is 5.89 Å². The van der Waals surface area contributed by atoms with E-state index in [1.165, 1.54) is 0 Å². The van der Waals surface area contributed by atoms with E-state index < -0.39 is 22.7 Å². The molecule has 0 saturated carbocycles. The third-order valence-electron chi connectivity index (χ3n) is 6.18. The number of carbonyl (C=O) groups is 1. The minimum absolute atomic E-state index is 0.0541. The maximum Gasteiger partial charge on any atom is 0.321 e. The fourth-order valence-electron chi connectivity index (χ4n) is 4.05. The van der Waals surface area contributed by atoms with Crippen molar-refractivity contribution in [1.29, 1.82) is 0 Å². The zero-order chi connectivity index (χ0) is 29.4. The van der Waals surface area contributed by atoms with E-state index in [1.54, 1.807) is 56.3 Å². The van der Waals surface area contributed by atoms with Crippen molar-refractivity contribution in [3.8, 4) is 17.2 Å². The minimum atomic E-state index is -4.11. The fraction of sp³-hybridized carbons (Fsp3) is 0.267. The monoisotopic (exact) mass is 597 g/mol. The van der Waals surface area contributed by atoms with E-state index in [4.69, 9.17) is 25.5 Å². The van der Waals surface area contributed by atoms with Crippen molar-refractivity contribution in [1.82, 2.24) is 9.29 Å². The van der Waals surface area contributed by atoms with E-state index in [-0.39, 0.29) is 13.2 Å². The van der Waals surface area contributed by atoms with Gasteiger partial charge in [0.1, 0.15) is 18.1 Å². The maximum atomic E-state index is 13.3. The maximum absolute atomic E-state index is 13.3. The van der Waals surface area contributed by atoms with Gasteiger partial charge in [-0.05, 0) is 74.4 Å². The van der Waals surface area contributed by atoms with Crippen LogP contribution in [-0.2, 0) is 32.7 Å². The summed E-state index contributed by atoms with van der Waals surface area (Å²) in [5.74, 6) is 1.29. The second-order valence-electron chi connectivity index (χ2n) is 9.27. The predicted molar refractivity (Wildman–Crippen MR) is 158 cm³/mol. The van der Waals surface area contributed by atoms with Crippen molar-refractivity contribution in [3.63, 3.8) is 0 Å². The molecule has 4 rings (SSSR count). The Morgan fingerprint density at radius 3 is 2.46 bits per heavy atom. The van der Waals surface area contributed by atoms with Crippen LogP contribution in [0.15, 0.2) is 77.2 Å². The molecule has 0 aliphatic heterocycles. The molecule has 0 radical (unpaired) electrons. The van der Waals surface area contributed by atoms with E-state index in [2.05, 4.69) is 9.71 Å². The van der Waals surface area contributed by atoms with E-state index in [1.807, 2.05) is 37.3 Å². The molecular weight excluding hydrogens is 566 g/mol. The SMILES string of the molecule is CCOC(=O)CN(Cc1ccc(OCCc2nc(-c3ccccc3)oc2C)cc1)S(=O)(=O)Nc1ccc(Cl)cc1C. The van der Waals surface area contributed by atoms with Crippen LogP contribution < -0.4 is 9.46 Å². The van der Waals surface area contributed by atoms with Crippen molar-refractivity contribution in [2.75, 3.05) is 24.5 Å². The summed E-state index contributed by atoms with van der Waals surface area (Å²) >= 11 is 6.00. The van der Waals surface area contributed by atoms with Crippen LogP contribution in [0.5, 0.6) is 5.75 Å². The molecule has 0 aliphatic carbocycles. The molecule has 11 heteroatoms. The molecule has 1 heterocycles. The first-order valence-electron chi connectivity index (χ1n) is 13.1. The van der Waals surface area contributed by atoms with Crippen LogP contribution in [-0.4, -0.2) is 43.4 Å². The van der Waals surface area contributed by atoms with E-state index in [9.17, 15) is 13.2 Å². The molecule has 4 aromatic rings. The predicted octanol–water partition coefficient (Wildman–Crippen LogP) is 5.96. The Labute approximate surface area is 245 Å². The number of anilines is 1. The largest absolute Gasteiger partial charge is 0.493 e. The lowest BCUT2D eigenvalue weighted by atomic mass is 10.2. The number of hydrogen-bond donors (Lipinski definition) is 1. The van der Waals surface area contributed by atoms with Gasteiger partial charge in [-0.2, -0.15) is 12.7 Å². The van der Waals surface area contributed by atoms with Crippen molar-refractivity contribution in [2.24, 2.45) is 0 Å². The summed E-state index contributed by atoms with van der Waals surface area (Å²) in [5, 5.41) is 0.490. The standard InChI is InChI=1S/C30H32ClN3O6S/c1-4-38-29(35)20-34(41(36,37)33-27-15-12-25(31)18-21(27)2)19-23-10-13-26(14-11-23)39-17-16-28-22(3)40-30(32-28)24-8-6-5-7-9-24/h5-15,18,33H,4,16-17,19-20H2,1-3H3. The number of nitrogens with zero attached hydrogens (tertiary/aromatic N) is 2. The Morgan fingerprint density at radius 2 is 1.78 bits per heavy atom. The van der Waals surface area contributed by atoms with Crippen LogP contribution in [0, 0.1) is 13.8 Å². The zero-order valence-electron chi connectivity index (χ0n) is 23.1. The van der Waals surface area contributed by atoms with Gasteiger partial charge in [0.15, 0.2) is 0 Å². The summed E-state index contributed by atoms with van der Waals surface area (Å²) in [6, 6.07) is 21.5. The molecule has 9 nitrogen and oxygen atoms in total. The topological polar surface area (TPSA) is 111 Å². The van der Waals surface area contributed by atoms with Crippen LogP contribution in [0.1, 0.15) is 29.5 Å². The number of rotatable bonds is 13. The lowest BCUT2D eigenvalue weighted by molar-refractivity contribution is -0.143. The molecule has 0 atom stereocenters. The van der Waals surface area contributed by atoms with Gasteiger partial charge >= 0.3 is 16.2 Å². The highest BCUT2D eigenvalue weighted by Crippen LogP contribution is 2.24. The van der Waals surface area contributed by atoms with Gasteiger partial charge in [0.25, 0.3) is 0 Å². The molecule has 0 spiro atoms. The first-order chi connectivity index (χ1) is 19.6. The second-order valence-corrected chi connectivity index (χ2v) is 11.4. The number of benzene rings is 3. The third-order valence-corrected chi connectivity index (χ3v) is 7.83. The molecule has 216 valence electrons. The Kier molecular flexibility index (Phi) is 10.0. The molecule has 1 N–H and O–H groups in total. The Balaban J connectivity index is 1.39. The highest BCUT2D eigenvalue weighted by Gasteiger charge is 2.26. The van der Waals surface area contributed by atoms with E-state index in [0.29, 0.717) is 46.5 Å². The van der Waals surface area contributed by atoms with Gasteiger partial charge in [-0.3, -0.25) is 9.52 Å². The number of ether oxygens (including phenoxy) is 2. The minimum Gasteiger partial charge on any atom is -0.493 e. The summed E-state index contributed by atoms with van der Waals surface area (Å²) in [6.45, 7) is 5.31. The van der Waals surface area contributed by atoms with Crippen molar-refractivity contribution < 1.29 is 27.1 Å². The third kappa shape index (κ3) is 8.32. The Hall–Kier alpha value is -3.86. The molecule has 0 fully saturated rings. The molecule has 41 heavy (non-hydrogen) atoms. The molecule has 0 unspecified atom stereocenters. The lowest BCUT2D eigenvalue weighted by Gasteiger charge is -2.23. The molecule has 0 bridgehead atoms. The van der Waals surface area contributed by atoms with Crippen molar-refractivity contribution in [2.45, 2.75) is 33.7 Å². The fourth-order valence-corrected chi connectivity index (χ4v) is 5.50. The average Bonchev–Trinajstić information content (AvgIpc) is 3.31. The molecule has 0 aliphatic rings. The second kappa shape index (κ2) is 13.7. The van der Waals surface area contributed by atoms with Crippen LogP contribution in [0.4, 0.5) is 5.69 Å². The molecule has 1 aromatic heterocycles. The van der Waals surface area contributed by atoms with Crippen LogP contribution in [0.3, 0.4) is 0 Å². The Morgan fingerprint density at radius 1 is 1.05 bits per heavy atom. The number of hydrogen-bond acceptors (Lipinski definition) is 7. The zero-order valence-corrected chi connectivity index (χ0v) is 24.7. The van der Waals surface area contributed by atoms with Gasteiger partial charge < -0.3 is 13.9 Å². The van der Waals surface area contributed by atoms with E-state index >= 15 is 0 Å². The molecule has 0 saturated heterocycles. The van der Waals surface area contributed by atoms with Gasteiger partial charge in [-0.25, -0.2) is 4.98 Å². The highest BCUT2D eigenvalue weighted by molar-refractivity contribution is 7.90. The van der Waals surface area contributed by atoms with Gasteiger partial charge in [-0.15, -0.1) is 0 Å². The van der Waals surface area contributed by atoms with Crippen molar-refractivity contribution in [3.05, 3.63) is 100 Å². The van der Waals surface area contributed by atoms with Crippen LogP contribution in [0.2, 0.25) is 5.02 Å². The number of aryl methyl sites for hydroxylation is 2. The number of carbonyl (C=O) groups excluding carboxylic acids is 1. The summed E-state index contributed by atoms with van der Waals surface area (Å²) in [7, 11) is -4.11. The quantitative estimate of drug-likeness (QED) is 0.189. The number of halogens is 1. The van der Waals surface area contributed by atoms with Crippen molar-refractivity contribution >= 4 is 33.5 Å².